The third-order valence-electron chi connectivity index (χ3n) is 4.11. The van der Waals surface area contributed by atoms with Crippen molar-refractivity contribution < 1.29 is 23.2 Å². The molecule has 0 saturated heterocycles. The molecule has 2 heterocycles. The van der Waals surface area contributed by atoms with Gasteiger partial charge in [0.25, 0.3) is 5.91 Å². The van der Waals surface area contributed by atoms with Gasteiger partial charge in [-0.15, -0.1) is 0 Å². The van der Waals surface area contributed by atoms with Crippen LogP contribution in [0, 0.1) is 12.7 Å². The molecule has 1 amide bonds. The zero-order valence-electron chi connectivity index (χ0n) is 15.9. The minimum atomic E-state index is -1.61. The van der Waals surface area contributed by atoms with E-state index >= 15 is 0 Å². The summed E-state index contributed by atoms with van der Waals surface area (Å²) in [4.78, 5) is 17.0. The fourth-order valence-corrected chi connectivity index (χ4v) is 3.89. The second-order valence-electron chi connectivity index (χ2n) is 7.15. The molecule has 2 N–H and O–H groups in total. The Kier molecular flexibility index (Phi) is 5.66. The number of rotatable bonds is 5. The molecule has 1 aliphatic rings. The van der Waals surface area contributed by atoms with Gasteiger partial charge in [0, 0.05) is 12.7 Å². The van der Waals surface area contributed by atoms with Crippen LogP contribution in [0.15, 0.2) is 35.4 Å². The van der Waals surface area contributed by atoms with E-state index in [2.05, 4.69) is 10.3 Å². The van der Waals surface area contributed by atoms with E-state index in [4.69, 9.17) is 4.74 Å². The summed E-state index contributed by atoms with van der Waals surface area (Å²) in [5.41, 5.74) is 0.0273. The number of pyridine rings is 1. The summed E-state index contributed by atoms with van der Waals surface area (Å²) in [7, 11) is -1.61. The van der Waals surface area contributed by atoms with E-state index in [9.17, 15) is 18.5 Å². The molecule has 1 aromatic carbocycles. The van der Waals surface area contributed by atoms with Crippen LogP contribution in [0.4, 0.5) is 10.1 Å². The number of carbonyl (C=O) groups excluding carboxylic acids is 1. The number of nitrogens with zero attached hydrogens (tertiary/aromatic N) is 2. The van der Waals surface area contributed by atoms with Crippen molar-refractivity contribution in [2.45, 2.75) is 31.3 Å². The van der Waals surface area contributed by atoms with Crippen LogP contribution in [-0.2, 0) is 11.0 Å². The molecule has 150 valence electrons. The zero-order valence-corrected chi connectivity index (χ0v) is 16.7. The van der Waals surface area contributed by atoms with Crippen molar-refractivity contribution in [2.75, 3.05) is 24.0 Å². The molecule has 2 aromatic rings. The van der Waals surface area contributed by atoms with Gasteiger partial charge in [0.05, 0.1) is 22.6 Å². The number of amides is 1. The van der Waals surface area contributed by atoms with Crippen molar-refractivity contribution in [1.29, 1.82) is 0 Å². The van der Waals surface area contributed by atoms with Crippen molar-refractivity contribution >= 4 is 22.6 Å². The fraction of sp³-hybridized carbons (Fsp3) is 0.368. The predicted octanol–water partition coefficient (Wildman–Crippen LogP) is 1.95. The van der Waals surface area contributed by atoms with Crippen LogP contribution in [-0.4, -0.2) is 45.5 Å². The Balaban J connectivity index is 1.88. The lowest BCUT2D eigenvalue weighted by molar-refractivity contribution is 0.0694. The van der Waals surface area contributed by atoms with E-state index in [-0.39, 0.29) is 30.4 Å². The fourth-order valence-electron chi connectivity index (χ4n) is 2.62. The highest BCUT2D eigenvalue weighted by Gasteiger charge is 2.27. The number of carbonyl (C=O) groups is 1. The monoisotopic (exact) mass is 407 g/mol. The molecule has 1 atom stereocenters. The van der Waals surface area contributed by atoms with Gasteiger partial charge in [0.2, 0.25) is 5.88 Å². The standard InChI is InChI=1S/C19H22FN3O4S/c1-12-8-14(4-5-15(12)20)28(26)23-6-7-27-18-16(23)9-13(10-21-18)17(24)22-11-19(2,3)25/h4-5,8-10,25H,6-7,11H2,1-3H3,(H,22,24). The smallest absolute Gasteiger partial charge is 0.253 e. The van der Waals surface area contributed by atoms with Gasteiger partial charge >= 0.3 is 0 Å². The molecular weight excluding hydrogens is 385 g/mol. The van der Waals surface area contributed by atoms with Gasteiger partial charge in [-0.3, -0.25) is 9.10 Å². The Bertz CT molecular complexity index is 930. The van der Waals surface area contributed by atoms with Crippen LogP contribution in [0.25, 0.3) is 0 Å². The minimum absolute atomic E-state index is 0.0733. The largest absolute Gasteiger partial charge is 0.474 e. The third kappa shape index (κ3) is 4.48. The van der Waals surface area contributed by atoms with E-state index in [1.807, 2.05) is 0 Å². The van der Waals surface area contributed by atoms with Crippen molar-refractivity contribution in [3.8, 4) is 5.88 Å². The molecule has 9 heteroatoms. The molecule has 0 fully saturated rings. The Morgan fingerprint density at radius 2 is 2.18 bits per heavy atom. The first-order chi connectivity index (χ1) is 13.2. The van der Waals surface area contributed by atoms with Gasteiger partial charge in [-0.1, -0.05) is 0 Å². The summed E-state index contributed by atoms with van der Waals surface area (Å²) in [5, 5.41) is 12.4. The molecule has 1 aliphatic heterocycles. The molecule has 0 bridgehead atoms. The van der Waals surface area contributed by atoms with Gasteiger partial charge in [0.15, 0.2) is 11.0 Å². The van der Waals surface area contributed by atoms with Crippen LogP contribution >= 0.6 is 0 Å². The van der Waals surface area contributed by atoms with E-state index in [1.54, 1.807) is 31.1 Å². The molecule has 0 aliphatic carbocycles. The number of aliphatic hydroxyl groups is 1. The highest BCUT2D eigenvalue weighted by atomic mass is 32.2. The van der Waals surface area contributed by atoms with Crippen LogP contribution in [0.2, 0.25) is 0 Å². The van der Waals surface area contributed by atoms with E-state index in [0.29, 0.717) is 22.7 Å². The Labute approximate surface area is 165 Å². The molecule has 1 aromatic heterocycles. The molecule has 0 radical (unpaired) electrons. The number of benzene rings is 1. The summed E-state index contributed by atoms with van der Waals surface area (Å²) in [6, 6.07) is 5.84. The predicted molar refractivity (Wildman–Crippen MR) is 103 cm³/mol. The second-order valence-corrected chi connectivity index (χ2v) is 8.56. The highest BCUT2D eigenvalue weighted by molar-refractivity contribution is 7.86. The Morgan fingerprint density at radius 3 is 2.86 bits per heavy atom. The van der Waals surface area contributed by atoms with Crippen molar-refractivity contribution in [3.05, 3.63) is 47.4 Å². The summed E-state index contributed by atoms with van der Waals surface area (Å²) >= 11 is 0. The average Bonchev–Trinajstić information content (AvgIpc) is 2.66. The molecule has 28 heavy (non-hydrogen) atoms. The van der Waals surface area contributed by atoms with Crippen LogP contribution in [0.5, 0.6) is 5.88 Å². The highest BCUT2D eigenvalue weighted by Crippen LogP contribution is 2.33. The van der Waals surface area contributed by atoms with Gasteiger partial charge in [-0.25, -0.2) is 13.6 Å². The Hall–Kier alpha value is -2.52. The van der Waals surface area contributed by atoms with E-state index in [1.165, 1.54) is 24.4 Å². The average molecular weight is 407 g/mol. The van der Waals surface area contributed by atoms with E-state index < -0.39 is 22.5 Å². The summed E-state index contributed by atoms with van der Waals surface area (Å²) < 4.78 is 33.7. The number of aryl methyl sites for hydroxylation is 1. The number of halogens is 1. The first-order valence-corrected chi connectivity index (χ1v) is 9.85. The van der Waals surface area contributed by atoms with Gasteiger partial charge in [0.1, 0.15) is 18.1 Å². The molecule has 0 saturated carbocycles. The minimum Gasteiger partial charge on any atom is -0.474 e. The maximum Gasteiger partial charge on any atom is 0.253 e. The molecule has 7 nitrogen and oxygen atoms in total. The number of anilines is 1. The van der Waals surface area contributed by atoms with E-state index in [0.717, 1.165) is 0 Å². The lowest BCUT2D eigenvalue weighted by atomic mass is 10.1. The summed E-state index contributed by atoms with van der Waals surface area (Å²) in [6.45, 7) is 5.46. The van der Waals surface area contributed by atoms with Gasteiger partial charge in [-0.05, 0) is 50.6 Å². The third-order valence-corrected chi connectivity index (χ3v) is 5.55. The number of aromatic nitrogens is 1. The van der Waals surface area contributed by atoms with Gasteiger partial charge in [-0.2, -0.15) is 0 Å². The van der Waals surface area contributed by atoms with Crippen LogP contribution in [0.3, 0.4) is 0 Å². The number of fused-ring (bicyclic) bond motifs is 1. The van der Waals surface area contributed by atoms with Crippen molar-refractivity contribution in [3.63, 3.8) is 0 Å². The summed E-state index contributed by atoms with van der Waals surface area (Å²) in [5.74, 6) is -0.501. The number of ether oxygens (including phenoxy) is 1. The Morgan fingerprint density at radius 1 is 1.43 bits per heavy atom. The first kappa shape index (κ1) is 20.2. The van der Waals surface area contributed by atoms with Gasteiger partial charge < -0.3 is 15.2 Å². The number of hydrogen-bond acceptors (Lipinski definition) is 5. The quantitative estimate of drug-likeness (QED) is 0.791. The lowest BCUT2D eigenvalue weighted by Crippen LogP contribution is -2.38. The van der Waals surface area contributed by atoms with Crippen LogP contribution in [0.1, 0.15) is 29.8 Å². The van der Waals surface area contributed by atoms with Crippen LogP contribution < -0.4 is 14.4 Å². The number of hydrogen-bond donors (Lipinski definition) is 2. The maximum atomic E-state index is 13.5. The van der Waals surface area contributed by atoms with Crippen molar-refractivity contribution in [2.24, 2.45) is 0 Å². The normalized spacial score (nSPS) is 14.8. The van der Waals surface area contributed by atoms with Crippen molar-refractivity contribution in [1.82, 2.24) is 10.3 Å². The number of nitrogens with one attached hydrogen (secondary N) is 1. The zero-order chi connectivity index (χ0) is 20.5. The second kappa shape index (κ2) is 7.84. The molecular formula is C19H22FN3O4S. The molecule has 0 spiro atoms. The summed E-state index contributed by atoms with van der Waals surface area (Å²) in [6.07, 6.45) is 1.37. The SMILES string of the molecule is Cc1cc(S(=O)N2CCOc3ncc(C(=O)NCC(C)(C)O)cc32)ccc1F. The molecule has 3 rings (SSSR count). The maximum absolute atomic E-state index is 13.5. The topological polar surface area (TPSA) is 91.8 Å². The lowest BCUT2D eigenvalue weighted by Gasteiger charge is -2.29. The molecule has 1 unspecified atom stereocenters. The first-order valence-electron chi connectivity index (χ1n) is 8.75.